The fourth-order valence-corrected chi connectivity index (χ4v) is 2.40. The normalized spacial score (nSPS) is 18.4. The van der Waals surface area contributed by atoms with E-state index in [-0.39, 0.29) is 11.9 Å². The van der Waals surface area contributed by atoms with Crippen LogP contribution < -0.4 is 5.32 Å². The maximum Gasteiger partial charge on any atom is 0.237 e. The molecule has 1 aliphatic rings. The molecule has 0 unspecified atom stereocenters. The summed E-state index contributed by atoms with van der Waals surface area (Å²) >= 11 is 0. The summed E-state index contributed by atoms with van der Waals surface area (Å²) in [6, 6.07) is -0.112. The molecule has 0 bridgehead atoms. The van der Waals surface area contributed by atoms with Crippen LogP contribution in [0.3, 0.4) is 0 Å². The molecule has 1 fully saturated rings. The van der Waals surface area contributed by atoms with Gasteiger partial charge in [-0.3, -0.25) is 14.6 Å². The number of aromatic nitrogens is 2. The Kier molecular flexibility index (Phi) is 5.46. The summed E-state index contributed by atoms with van der Waals surface area (Å²) in [5.74, 6) is 1.37. The van der Waals surface area contributed by atoms with Crippen molar-refractivity contribution in [2.24, 2.45) is 0 Å². The van der Waals surface area contributed by atoms with Crippen LogP contribution in [0.5, 0.6) is 0 Å². The monoisotopic (exact) mass is 293 g/mol. The van der Waals surface area contributed by atoms with E-state index in [1.807, 2.05) is 6.92 Å². The first-order valence-corrected chi connectivity index (χ1v) is 7.24. The number of carbonyl (C=O) groups is 1. The van der Waals surface area contributed by atoms with Crippen molar-refractivity contribution >= 4 is 5.91 Å². The standard InChI is InChI=1S/C14H23N5O2/c1-4-5-15-14(20)11(2)19-8-6-18(7-9-19)10-13-16-12(3)21-17-13/h4,11H,1,5-10H2,2-3H3,(H,15,20)/t11-/m0/s1. The van der Waals surface area contributed by atoms with Crippen molar-refractivity contribution < 1.29 is 9.32 Å². The van der Waals surface area contributed by atoms with Crippen molar-refractivity contribution in [2.45, 2.75) is 26.4 Å². The highest BCUT2D eigenvalue weighted by Gasteiger charge is 2.25. The Bertz CT molecular complexity index is 479. The average Bonchev–Trinajstić information content (AvgIpc) is 2.90. The molecule has 0 radical (unpaired) electrons. The highest BCUT2D eigenvalue weighted by atomic mass is 16.5. The topological polar surface area (TPSA) is 74.5 Å². The van der Waals surface area contributed by atoms with Crippen molar-refractivity contribution in [3.8, 4) is 0 Å². The van der Waals surface area contributed by atoms with E-state index in [2.05, 4.69) is 31.8 Å². The highest BCUT2D eigenvalue weighted by Crippen LogP contribution is 2.09. The van der Waals surface area contributed by atoms with Crippen molar-refractivity contribution in [3.05, 3.63) is 24.4 Å². The lowest BCUT2D eigenvalue weighted by molar-refractivity contribution is -0.126. The van der Waals surface area contributed by atoms with Gasteiger partial charge in [-0.2, -0.15) is 4.98 Å². The number of hydrogen-bond acceptors (Lipinski definition) is 6. The Morgan fingerprint density at radius 2 is 2.19 bits per heavy atom. The van der Waals surface area contributed by atoms with Gasteiger partial charge in [0.05, 0.1) is 12.6 Å². The SMILES string of the molecule is C=CCNC(=O)[C@H](C)N1CCN(Cc2noc(C)n2)CC1. The first-order valence-electron chi connectivity index (χ1n) is 7.24. The zero-order valence-electron chi connectivity index (χ0n) is 12.7. The molecule has 1 aromatic heterocycles. The maximum atomic E-state index is 11.9. The number of amides is 1. The molecule has 7 nitrogen and oxygen atoms in total. The number of carbonyl (C=O) groups excluding carboxylic acids is 1. The first kappa shape index (κ1) is 15.7. The van der Waals surface area contributed by atoms with Crippen LogP contribution >= 0.6 is 0 Å². The second-order valence-corrected chi connectivity index (χ2v) is 5.25. The predicted octanol–water partition coefficient (Wildman–Crippen LogP) is 0.186. The van der Waals surface area contributed by atoms with Gasteiger partial charge in [0, 0.05) is 39.6 Å². The van der Waals surface area contributed by atoms with Crippen LogP contribution in [0, 0.1) is 6.92 Å². The predicted molar refractivity (Wildman–Crippen MR) is 78.6 cm³/mol. The minimum Gasteiger partial charge on any atom is -0.351 e. The second-order valence-electron chi connectivity index (χ2n) is 5.25. The molecule has 1 atom stereocenters. The zero-order valence-corrected chi connectivity index (χ0v) is 12.7. The van der Waals surface area contributed by atoms with Crippen molar-refractivity contribution in [2.75, 3.05) is 32.7 Å². The Morgan fingerprint density at radius 1 is 1.48 bits per heavy atom. The number of nitrogens with one attached hydrogen (secondary N) is 1. The zero-order chi connectivity index (χ0) is 15.2. The Labute approximate surface area is 125 Å². The highest BCUT2D eigenvalue weighted by molar-refractivity contribution is 5.81. The number of piperazine rings is 1. The Hall–Kier alpha value is -1.73. The van der Waals surface area contributed by atoms with Crippen LogP contribution in [0.15, 0.2) is 17.2 Å². The molecule has 0 aromatic carbocycles. The first-order chi connectivity index (χ1) is 10.1. The average molecular weight is 293 g/mol. The van der Waals surface area contributed by atoms with E-state index < -0.39 is 0 Å². The fourth-order valence-electron chi connectivity index (χ4n) is 2.40. The minimum atomic E-state index is -0.112. The molecule has 2 heterocycles. The summed E-state index contributed by atoms with van der Waals surface area (Å²) in [5.41, 5.74) is 0. The van der Waals surface area contributed by atoms with E-state index in [1.165, 1.54) is 0 Å². The molecular formula is C14H23N5O2. The number of nitrogens with zero attached hydrogens (tertiary/aromatic N) is 4. The van der Waals surface area contributed by atoms with Crippen LogP contribution in [0.1, 0.15) is 18.6 Å². The van der Waals surface area contributed by atoms with E-state index >= 15 is 0 Å². The second kappa shape index (κ2) is 7.33. The van der Waals surface area contributed by atoms with Crippen LogP contribution in [-0.4, -0.2) is 64.6 Å². The summed E-state index contributed by atoms with van der Waals surface area (Å²) in [7, 11) is 0. The molecule has 116 valence electrons. The van der Waals surface area contributed by atoms with E-state index in [4.69, 9.17) is 4.52 Å². The molecule has 7 heteroatoms. The third-order valence-corrected chi connectivity index (χ3v) is 3.69. The van der Waals surface area contributed by atoms with Crippen LogP contribution in [0.25, 0.3) is 0 Å². The summed E-state index contributed by atoms with van der Waals surface area (Å²) in [6.45, 7) is 12.1. The van der Waals surface area contributed by atoms with Crippen molar-refractivity contribution in [3.63, 3.8) is 0 Å². The number of aryl methyl sites for hydroxylation is 1. The molecule has 1 aliphatic heterocycles. The molecule has 1 N–H and O–H groups in total. The lowest BCUT2D eigenvalue weighted by atomic mass is 10.2. The maximum absolute atomic E-state index is 11.9. The van der Waals surface area contributed by atoms with Gasteiger partial charge in [-0.05, 0) is 6.92 Å². The quantitative estimate of drug-likeness (QED) is 0.755. The van der Waals surface area contributed by atoms with E-state index in [9.17, 15) is 4.79 Å². The van der Waals surface area contributed by atoms with Gasteiger partial charge in [-0.1, -0.05) is 11.2 Å². The lowest BCUT2D eigenvalue weighted by Gasteiger charge is -2.36. The summed E-state index contributed by atoms with van der Waals surface area (Å²) in [6.07, 6.45) is 1.69. The van der Waals surface area contributed by atoms with Crippen LogP contribution in [0.4, 0.5) is 0 Å². The Balaban J connectivity index is 1.77. The molecular weight excluding hydrogens is 270 g/mol. The van der Waals surface area contributed by atoms with Gasteiger partial charge in [-0.15, -0.1) is 6.58 Å². The van der Waals surface area contributed by atoms with Crippen LogP contribution in [0.2, 0.25) is 0 Å². The van der Waals surface area contributed by atoms with Gasteiger partial charge >= 0.3 is 0 Å². The lowest BCUT2D eigenvalue weighted by Crippen LogP contribution is -2.53. The van der Waals surface area contributed by atoms with Gasteiger partial charge in [0.2, 0.25) is 11.8 Å². The molecule has 21 heavy (non-hydrogen) atoms. The molecule has 1 amide bonds. The summed E-state index contributed by atoms with van der Waals surface area (Å²) in [4.78, 5) is 20.6. The minimum absolute atomic E-state index is 0.0529. The molecule has 2 rings (SSSR count). The van der Waals surface area contributed by atoms with Gasteiger partial charge < -0.3 is 9.84 Å². The van der Waals surface area contributed by atoms with Crippen molar-refractivity contribution in [1.29, 1.82) is 0 Å². The van der Waals surface area contributed by atoms with Gasteiger partial charge in [0.1, 0.15) is 0 Å². The number of rotatable bonds is 6. The smallest absolute Gasteiger partial charge is 0.237 e. The summed E-state index contributed by atoms with van der Waals surface area (Å²) < 4.78 is 4.98. The Morgan fingerprint density at radius 3 is 2.76 bits per heavy atom. The number of hydrogen-bond donors (Lipinski definition) is 1. The molecule has 1 aromatic rings. The largest absolute Gasteiger partial charge is 0.351 e. The third-order valence-electron chi connectivity index (χ3n) is 3.69. The summed E-state index contributed by atoms with van der Waals surface area (Å²) in [5, 5.41) is 6.75. The van der Waals surface area contributed by atoms with Crippen LogP contribution in [-0.2, 0) is 11.3 Å². The van der Waals surface area contributed by atoms with Gasteiger partial charge in [-0.25, -0.2) is 0 Å². The molecule has 0 aliphatic carbocycles. The molecule has 1 saturated heterocycles. The third kappa shape index (κ3) is 4.37. The van der Waals surface area contributed by atoms with E-state index in [1.54, 1.807) is 13.0 Å². The van der Waals surface area contributed by atoms with E-state index in [0.29, 0.717) is 19.0 Å². The van der Waals surface area contributed by atoms with E-state index in [0.717, 1.165) is 32.0 Å². The molecule has 0 saturated carbocycles. The van der Waals surface area contributed by atoms with Crippen molar-refractivity contribution in [1.82, 2.24) is 25.3 Å². The van der Waals surface area contributed by atoms with Gasteiger partial charge in [0.15, 0.2) is 5.82 Å². The van der Waals surface area contributed by atoms with Gasteiger partial charge in [0.25, 0.3) is 0 Å². The fraction of sp³-hybridized carbons (Fsp3) is 0.643. The molecule has 0 spiro atoms.